The van der Waals surface area contributed by atoms with E-state index in [2.05, 4.69) is 59.9 Å². The Balaban J connectivity index is 2.06. The summed E-state index contributed by atoms with van der Waals surface area (Å²) in [5.41, 5.74) is 3.52. The highest BCUT2D eigenvalue weighted by Crippen LogP contribution is 2.36. The molecule has 0 aliphatic rings. The van der Waals surface area contributed by atoms with Crippen molar-refractivity contribution in [1.29, 1.82) is 0 Å². The predicted octanol–water partition coefficient (Wildman–Crippen LogP) is 4.24. The minimum Gasteiger partial charge on any atom is -0.319 e. The van der Waals surface area contributed by atoms with Gasteiger partial charge in [-0.3, -0.25) is 0 Å². The van der Waals surface area contributed by atoms with Gasteiger partial charge in [-0.15, -0.1) is 11.3 Å². The van der Waals surface area contributed by atoms with Crippen LogP contribution >= 0.6 is 11.3 Å². The molecule has 106 valence electrons. The highest BCUT2D eigenvalue weighted by molar-refractivity contribution is 7.15. The first-order valence-electron chi connectivity index (χ1n) is 7.13. The molecule has 0 aliphatic heterocycles. The van der Waals surface area contributed by atoms with E-state index >= 15 is 0 Å². The van der Waals surface area contributed by atoms with Crippen molar-refractivity contribution in [2.24, 2.45) is 0 Å². The topological polar surface area (TPSA) is 24.9 Å². The summed E-state index contributed by atoms with van der Waals surface area (Å²) in [5, 5.41) is 4.37. The third-order valence-corrected chi connectivity index (χ3v) is 4.51. The Kier molecular flexibility index (Phi) is 4.43. The number of hydrogen-bond acceptors (Lipinski definition) is 3. The zero-order valence-electron chi connectivity index (χ0n) is 12.0. The lowest BCUT2D eigenvalue weighted by molar-refractivity contribution is 0.788. The van der Waals surface area contributed by atoms with Gasteiger partial charge in [-0.05, 0) is 12.6 Å². The molecule has 0 fully saturated rings. The van der Waals surface area contributed by atoms with Crippen LogP contribution < -0.4 is 5.32 Å². The van der Waals surface area contributed by atoms with Gasteiger partial charge < -0.3 is 5.32 Å². The number of rotatable bonds is 5. The van der Waals surface area contributed by atoms with Gasteiger partial charge in [-0.2, -0.15) is 0 Å². The summed E-state index contributed by atoms with van der Waals surface area (Å²) in [7, 11) is 1.98. The van der Waals surface area contributed by atoms with E-state index in [1.54, 1.807) is 11.3 Å². The molecule has 0 unspecified atom stereocenters. The van der Waals surface area contributed by atoms with Gasteiger partial charge >= 0.3 is 0 Å². The molecule has 0 radical (unpaired) electrons. The fourth-order valence-corrected chi connectivity index (χ4v) is 3.37. The number of likely N-dealkylation sites (N-methyl/N-ethyl adjacent to an activating group) is 1. The third-order valence-electron chi connectivity index (χ3n) is 3.34. The van der Waals surface area contributed by atoms with Gasteiger partial charge in [0.2, 0.25) is 0 Å². The molecule has 1 heterocycles. The van der Waals surface area contributed by atoms with Crippen LogP contribution in [0, 0.1) is 0 Å². The lowest BCUT2D eigenvalue weighted by Crippen LogP contribution is -2.09. The molecule has 0 amide bonds. The van der Waals surface area contributed by atoms with E-state index in [1.165, 1.54) is 21.0 Å². The van der Waals surface area contributed by atoms with Crippen LogP contribution in [0.5, 0.6) is 0 Å². The highest BCUT2D eigenvalue weighted by atomic mass is 32.1. The van der Waals surface area contributed by atoms with Crippen LogP contribution in [0.25, 0.3) is 21.7 Å². The van der Waals surface area contributed by atoms with E-state index in [4.69, 9.17) is 4.98 Å². The molecule has 0 aliphatic carbocycles. The van der Waals surface area contributed by atoms with Gasteiger partial charge in [0.25, 0.3) is 0 Å². The fourth-order valence-electron chi connectivity index (χ4n) is 2.28. The van der Waals surface area contributed by atoms with E-state index in [1.807, 2.05) is 13.1 Å². The van der Waals surface area contributed by atoms with Crippen molar-refractivity contribution < 1.29 is 0 Å². The van der Waals surface area contributed by atoms with Crippen molar-refractivity contribution >= 4 is 11.3 Å². The molecule has 21 heavy (non-hydrogen) atoms. The number of nitrogens with one attached hydrogen (secondary N) is 1. The summed E-state index contributed by atoms with van der Waals surface area (Å²) in [6.07, 6.45) is 0.966. The second-order valence-corrected chi connectivity index (χ2v) is 5.95. The largest absolute Gasteiger partial charge is 0.319 e. The van der Waals surface area contributed by atoms with Crippen LogP contribution in [0.3, 0.4) is 0 Å². The average molecular weight is 294 g/mol. The Morgan fingerprint density at radius 2 is 1.52 bits per heavy atom. The van der Waals surface area contributed by atoms with E-state index in [-0.39, 0.29) is 0 Å². The van der Waals surface area contributed by atoms with Crippen LogP contribution in [-0.2, 0) is 6.42 Å². The van der Waals surface area contributed by atoms with Crippen molar-refractivity contribution in [3.05, 3.63) is 65.7 Å². The number of nitrogens with zero attached hydrogens (tertiary/aromatic N) is 1. The van der Waals surface area contributed by atoms with Crippen molar-refractivity contribution in [3.63, 3.8) is 0 Å². The van der Waals surface area contributed by atoms with Crippen molar-refractivity contribution in [1.82, 2.24) is 10.3 Å². The Bertz CT molecular complexity index is 633. The first-order chi connectivity index (χ1) is 10.4. The van der Waals surface area contributed by atoms with Crippen molar-refractivity contribution in [3.8, 4) is 21.7 Å². The normalized spacial score (nSPS) is 10.7. The smallest absolute Gasteiger partial charge is 0.0951 e. The Morgan fingerprint density at radius 3 is 2.14 bits per heavy atom. The van der Waals surface area contributed by atoms with Gasteiger partial charge in [0.05, 0.1) is 15.6 Å². The van der Waals surface area contributed by atoms with Gasteiger partial charge in [0.1, 0.15) is 0 Å². The van der Waals surface area contributed by atoms with E-state index in [0.717, 1.165) is 18.7 Å². The summed E-state index contributed by atoms with van der Waals surface area (Å²) < 4.78 is 0. The molecule has 0 bridgehead atoms. The van der Waals surface area contributed by atoms with Crippen molar-refractivity contribution in [2.45, 2.75) is 6.42 Å². The van der Waals surface area contributed by atoms with Crippen LogP contribution in [0.4, 0.5) is 0 Å². The fraction of sp³-hybridized carbons (Fsp3) is 0.167. The predicted molar refractivity (Wildman–Crippen MR) is 90.6 cm³/mol. The minimum absolute atomic E-state index is 0.954. The lowest BCUT2D eigenvalue weighted by Gasteiger charge is -2.02. The standard InChI is InChI=1S/C18H18N2S/c1-19-13-12-16-20-17(14-8-4-2-5-9-14)18(21-16)15-10-6-3-7-11-15/h2-11,19H,12-13H2,1H3. The van der Waals surface area contributed by atoms with E-state index in [9.17, 15) is 0 Å². The van der Waals surface area contributed by atoms with Crippen LogP contribution in [0.1, 0.15) is 5.01 Å². The molecule has 3 rings (SSSR count). The maximum absolute atomic E-state index is 4.87. The second-order valence-electron chi connectivity index (χ2n) is 4.87. The second kappa shape index (κ2) is 6.66. The van der Waals surface area contributed by atoms with E-state index in [0.29, 0.717) is 0 Å². The molecule has 3 heteroatoms. The lowest BCUT2D eigenvalue weighted by atomic mass is 10.1. The van der Waals surface area contributed by atoms with Gasteiger partial charge in [0, 0.05) is 18.5 Å². The molecule has 1 N–H and O–H groups in total. The molecular formula is C18H18N2S. The van der Waals surface area contributed by atoms with Crippen molar-refractivity contribution in [2.75, 3.05) is 13.6 Å². The van der Waals surface area contributed by atoms with Crippen LogP contribution in [-0.4, -0.2) is 18.6 Å². The van der Waals surface area contributed by atoms with Gasteiger partial charge in [-0.25, -0.2) is 4.98 Å². The maximum Gasteiger partial charge on any atom is 0.0951 e. The highest BCUT2D eigenvalue weighted by Gasteiger charge is 2.14. The summed E-state index contributed by atoms with van der Waals surface area (Å²) in [4.78, 5) is 6.13. The molecule has 2 aromatic carbocycles. The summed E-state index contributed by atoms with van der Waals surface area (Å²) in [6.45, 7) is 0.954. The molecular weight excluding hydrogens is 276 g/mol. The number of benzene rings is 2. The van der Waals surface area contributed by atoms with Gasteiger partial charge in [-0.1, -0.05) is 60.7 Å². The molecule has 0 atom stereocenters. The zero-order chi connectivity index (χ0) is 14.5. The zero-order valence-corrected chi connectivity index (χ0v) is 12.9. The number of hydrogen-bond donors (Lipinski definition) is 1. The van der Waals surface area contributed by atoms with E-state index < -0.39 is 0 Å². The Morgan fingerprint density at radius 1 is 0.905 bits per heavy atom. The SMILES string of the molecule is CNCCc1nc(-c2ccccc2)c(-c2ccccc2)s1. The van der Waals surface area contributed by atoms with Gasteiger partial charge in [0.15, 0.2) is 0 Å². The molecule has 1 aromatic heterocycles. The molecule has 0 saturated carbocycles. The van der Waals surface area contributed by atoms with Crippen LogP contribution in [0.2, 0.25) is 0 Å². The number of aromatic nitrogens is 1. The monoisotopic (exact) mass is 294 g/mol. The quantitative estimate of drug-likeness (QED) is 0.761. The summed E-state index contributed by atoms with van der Waals surface area (Å²) in [5.74, 6) is 0. The Hall–Kier alpha value is -1.97. The molecule has 0 spiro atoms. The minimum atomic E-state index is 0.954. The summed E-state index contributed by atoms with van der Waals surface area (Å²) >= 11 is 1.80. The van der Waals surface area contributed by atoms with Crippen LogP contribution in [0.15, 0.2) is 60.7 Å². The Labute approximate surface area is 129 Å². The summed E-state index contributed by atoms with van der Waals surface area (Å²) in [6, 6.07) is 21.0. The first-order valence-corrected chi connectivity index (χ1v) is 7.95. The maximum atomic E-state index is 4.87. The average Bonchev–Trinajstić information content (AvgIpc) is 2.99. The molecule has 0 saturated heterocycles. The molecule has 3 aromatic rings. The first kappa shape index (κ1) is 14.0. The third kappa shape index (κ3) is 3.20. The molecule has 2 nitrogen and oxygen atoms in total. The number of thiazole rings is 1.